The number of piperidine rings is 1. The highest BCUT2D eigenvalue weighted by Crippen LogP contribution is 2.61. The highest BCUT2D eigenvalue weighted by Gasteiger charge is 2.60. The largest absolute Gasteiger partial charge is 0.317 e. The lowest BCUT2D eigenvalue weighted by molar-refractivity contribution is 0.0396. The Morgan fingerprint density at radius 1 is 1.00 bits per heavy atom. The van der Waals surface area contributed by atoms with Crippen LogP contribution in [0.2, 0.25) is 0 Å². The summed E-state index contributed by atoms with van der Waals surface area (Å²) < 4.78 is 0. The third-order valence-electron chi connectivity index (χ3n) is 3.36. The van der Waals surface area contributed by atoms with Crippen LogP contribution in [0, 0.1) is 5.41 Å². The van der Waals surface area contributed by atoms with Crippen LogP contribution in [0.3, 0.4) is 0 Å². The molecule has 3 rings (SSSR count). The van der Waals surface area contributed by atoms with Crippen LogP contribution in [0.25, 0.3) is 0 Å². The molecule has 1 saturated carbocycles. The van der Waals surface area contributed by atoms with Gasteiger partial charge in [0.2, 0.25) is 0 Å². The van der Waals surface area contributed by atoms with Crippen molar-refractivity contribution >= 4 is 12.4 Å². The lowest BCUT2D eigenvalue weighted by Gasteiger charge is -2.48. The highest BCUT2D eigenvalue weighted by atomic mass is 35.5. The van der Waals surface area contributed by atoms with Crippen molar-refractivity contribution in [3.8, 4) is 0 Å². The summed E-state index contributed by atoms with van der Waals surface area (Å²) in [5.74, 6) is 0. The van der Waals surface area contributed by atoms with Crippen molar-refractivity contribution in [3.63, 3.8) is 0 Å². The molecule has 2 spiro atoms. The lowest BCUT2D eigenvalue weighted by atomic mass is 9.59. The molecule has 2 fully saturated rings. The van der Waals surface area contributed by atoms with E-state index >= 15 is 0 Å². The first-order valence-corrected chi connectivity index (χ1v) is 4.48. The third kappa shape index (κ3) is 1.07. The van der Waals surface area contributed by atoms with E-state index in [0.717, 1.165) is 0 Å². The predicted molar refractivity (Wildman–Crippen MR) is 48.6 cm³/mol. The number of nitrogens with one attached hydrogen (secondary N) is 1. The second-order valence-electron chi connectivity index (χ2n) is 4.29. The molecule has 0 radical (unpaired) electrons. The molecule has 3 aliphatic rings. The quantitative estimate of drug-likeness (QED) is 0.616. The average molecular weight is 188 g/mol. The summed E-state index contributed by atoms with van der Waals surface area (Å²) in [6, 6.07) is 0. The molecule has 0 atom stereocenters. The maximum atomic E-state index is 4.09. The highest BCUT2D eigenvalue weighted by molar-refractivity contribution is 5.85. The third-order valence-corrected chi connectivity index (χ3v) is 3.36. The van der Waals surface area contributed by atoms with E-state index in [1.165, 1.54) is 38.8 Å². The SMILES string of the molecule is C1CC2(CCN1)CC1(C2)N=N1.Cl. The molecule has 4 heteroatoms. The monoisotopic (exact) mass is 187 g/mol. The number of hydrogen-bond donors (Lipinski definition) is 1. The summed E-state index contributed by atoms with van der Waals surface area (Å²) in [7, 11) is 0. The molecule has 0 aromatic rings. The fraction of sp³-hybridized carbons (Fsp3) is 1.00. The Balaban J connectivity index is 0.000000563. The molecule has 0 aromatic carbocycles. The Kier molecular flexibility index (Phi) is 1.70. The van der Waals surface area contributed by atoms with Gasteiger partial charge in [0.05, 0.1) is 0 Å². The van der Waals surface area contributed by atoms with E-state index in [0.29, 0.717) is 5.41 Å². The van der Waals surface area contributed by atoms with Crippen LogP contribution in [0.15, 0.2) is 10.2 Å². The molecule has 2 aliphatic heterocycles. The molecule has 12 heavy (non-hydrogen) atoms. The summed E-state index contributed by atoms with van der Waals surface area (Å²) in [4.78, 5) is 0. The van der Waals surface area contributed by atoms with Crippen LogP contribution in [-0.4, -0.2) is 18.8 Å². The molecule has 0 amide bonds. The number of hydrogen-bond acceptors (Lipinski definition) is 3. The predicted octanol–water partition coefficient (Wildman–Crippen LogP) is 1.73. The van der Waals surface area contributed by atoms with Crippen molar-refractivity contribution in [1.29, 1.82) is 0 Å². The van der Waals surface area contributed by atoms with Gasteiger partial charge in [-0.05, 0) is 31.3 Å². The molecular formula is C8H14ClN3. The summed E-state index contributed by atoms with van der Waals surface area (Å²) in [6.45, 7) is 2.41. The van der Waals surface area contributed by atoms with Gasteiger partial charge in [-0.3, -0.25) is 0 Å². The zero-order valence-electron chi connectivity index (χ0n) is 7.05. The molecule has 1 saturated heterocycles. The maximum absolute atomic E-state index is 4.09. The number of rotatable bonds is 0. The van der Waals surface area contributed by atoms with Crippen molar-refractivity contribution in [2.75, 3.05) is 13.1 Å². The fourth-order valence-electron chi connectivity index (χ4n) is 2.67. The van der Waals surface area contributed by atoms with Gasteiger partial charge in [0, 0.05) is 12.8 Å². The second-order valence-corrected chi connectivity index (χ2v) is 4.29. The van der Waals surface area contributed by atoms with Crippen molar-refractivity contribution in [3.05, 3.63) is 0 Å². The molecule has 1 N–H and O–H groups in total. The minimum atomic E-state index is 0. The zero-order chi connectivity index (χ0) is 7.36. The van der Waals surface area contributed by atoms with Crippen molar-refractivity contribution in [2.24, 2.45) is 15.6 Å². The van der Waals surface area contributed by atoms with Crippen LogP contribution in [-0.2, 0) is 0 Å². The Morgan fingerprint density at radius 2 is 1.58 bits per heavy atom. The summed E-state index contributed by atoms with van der Waals surface area (Å²) >= 11 is 0. The summed E-state index contributed by atoms with van der Waals surface area (Å²) in [5.41, 5.74) is 0.812. The van der Waals surface area contributed by atoms with E-state index in [-0.39, 0.29) is 18.1 Å². The van der Waals surface area contributed by atoms with Crippen molar-refractivity contribution < 1.29 is 0 Å². The second kappa shape index (κ2) is 2.42. The van der Waals surface area contributed by atoms with Crippen LogP contribution < -0.4 is 5.32 Å². The van der Waals surface area contributed by atoms with E-state index in [9.17, 15) is 0 Å². The fourth-order valence-corrected chi connectivity index (χ4v) is 2.67. The number of nitrogens with zero attached hydrogens (tertiary/aromatic N) is 2. The Morgan fingerprint density at radius 3 is 2.08 bits per heavy atom. The Hall–Kier alpha value is -0.150. The van der Waals surface area contributed by atoms with Gasteiger partial charge in [-0.15, -0.1) is 12.4 Å². The van der Waals surface area contributed by atoms with E-state index in [1.54, 1.807) is 0 Å². The van der Waals surface area contributed by atoms with Gasteiger partial charge in [0.15, 0.2) is 5.66 Å². The minimum Gasteiger partial charge on any atom is -0.317 e. The minimum absolute atomic E-state index is 0. The standard InChI is InChI=1S/C8H13N3.ClH/c1-3-9-4-2-7(1)5-8(6-7)10-11-8;/h9H,1-6H2;1H. The molecule has 1 aliphatic carbocycles. The van der Waals surface area contributed by atoms with Crippen molar-refractivity contribution in [2.45, 2.75) is 31.3 Å². The van der Waals surface area contributed by atoms with Gasteiger partial charge in [-0.2, -0.15) is 10.2 Å². The molecule has 0 bridgehead atoms. The Labute approximate surface area is 78.4 Å². The lowest BCUT2D eigenvalue weighted by Crippen LogP contribution is -2.49. The Bertz CT molecular complexity index is 204. The maximum Gasteiger partial charge on any atom is 0.192 e. The van der Waals surface area contributed by atoms with Gasteiger partial charge in [0.1, 0.15) is 0 Å². The van der Waals surface area contributed by atoms with Gasteiger partial charge in [0.25, 0.3) is 0 Å². The van der Waals surface area contributed by atoms with E-state index in [2.05, 4.69) is 15.5 Å². The van der Waals surface area contributed by atoms with Gasteiger partial charge < -0.3 is 5.32 Å². The molecule has 2 heterocycles. The molecule has 3 nitrogen and oxygen atoms in total. The van der Waals surface area contributed by atoms with Crippen LogP contribution in [0.4, 0.5) is 0 Å². The smallest absolute Gasteiger partial charge is 0.192 e. The molecule has 0 unspecified atom stereocenters. The van der Waals surface area contributed by atoms with Gasteiger partial charge in [-0.25, -0.2) is 0 Å². The summed E-state index contributed by atoms with van der Waals surface area (Å²) in [5, 5.41) is 11.6. The van der Waals surface area contributed by atoms with Crippen LogP contribution in [0.5, 0.6) is 0 Å². The first kappa shape index (κ1) is 8.45. The van der Waals surface area contributed by atoms with Crippen LogP contribution >= 0.6 is 12.4 Å². The molecule has 0 aromatic heterocycles. The molecule has 68 valence electrons. The topological polar surface area (TPSA) is 36.8 Å². The van der Waals surface area contributed by atoms with Crippen molar-refractivity contribution in [1.82, 2.24) is 5.32 Å². The molecular weight excluding hydrogens is 174 g/mol. The first-order valence-electron chi connectivity index (χ1n) is 4.48. The van der Waals surface area contributed by atoms with Gasteiger partial charge in [-0.1, -0.05) is 0 Å². The van der Waals surface area contributed by atoms with E-state index in [4.69, 9.17) is 0 Å². The summed E-state index contributed by atoms with van der Waals surface area (Å²) in [6.07, 6.45) is 5.20. The first-order chi connectivity index (χ1) is 5.33. The zero-order valence-corrected chi connectivity index (χ0v) is 7.86. The normalized spacial score (nSPS) is 32.7. The van der Waals surface area contributed by atoms with E-state index in [1.807, 2.05) is 0 Å². The number of halogens is 1. The average Bonchev–Trinajstić information content (AvgIpc) is 2.69. The van der Waals surface area contributed by atoms with E-state index < -0.39 is 0 Å². The van der Waals surface area contributed by atoms with Gasteiger partial charge >= 0.3 is 0 Å². The van der Waals surface area contributed by atoms with Crippen LogP contribution in [0.1, 0.15) is 25.7 Å².